The molecule has 0 unspecified atom stereocenters. The van der Waals surface area contributed by atoms with Gasteiger partial charge in [0.15, 0.2) is 17.5 Å². The van der Waals surface area contributed by atoms with E-state index in [2.05, 4.69) is 121 Å². The first-order valence-corrected chi connectivity index (χ1v) is 21.5. The monoisotopic (exact) mass is 770 g/mol. The zero-order chi connectivity index (χ0) is 39.8. The Labute approximate surface area is 351 Å². The average Bonchev–Trinajstić information content (AvgIpc) is 3.60. The highest BCUT2D eigenvalue weighted by atomic mass is 15.0. The van der Waals surface area contributed by atoms with Gasteiger partial charge in [-0.2, -0.15) is 5.26 Å². The van der Waals surface area contributed by atoms with E-state index in [4.69, 9.17) is 15.0 Å². The molecule has 0 aliphatic heterocycles. The van der Waals surface area contributed by atoms with Gasteiger partial charge in [-0.3, -0.25) is 0 Å². The summed E-state index contributed by atoms with van der Waals surface area (Å²) in [7, 11) is 0. The average molecular weight is 771 g/mol. The lowest BCUT2D eigenvalue weighted by Crippen LogP contribution is -2.55. The predicted molar refractivity (Wildman–Crippen MR) is 240 cm³/mol. The summed E-state index contributed by atoms with van der Waals surface area (Å²) < 4.78 is 0. The summed E-state index contributed by atoms with van der Waals surface area (Å²) in [5, 5.41) is 9.48. The lowest BCUT2D eigenvalue weighted by atomic mass is 9.43. The van der Waals surface area contributed by atoms with E-state index in [0.717, 1.165) is 39.7 Å². The van der Waals surface area contributed by atoms with Gasteiger partial charge in [-0.15, -0.1) is 0 Å². The van der Waals surface area contributed by atoms with Gasteiger partial charge >= 0.3 is 0 Å². The maximum absolute atomic E-state index is 9.48. The molecule has 4 saturated carbocycles. The quantitative estimate of drug-likeness (QED) is 0.169. The first-order chi connectivity index (χ1) is 29.6. The Morgan fingerprint density at radius 1 is 0.383 bits per heavy atom. The number of rotatable bonds is 6. The van der Waals surface area contributed by atoms with Crippen molar-refractivity contribution >= 4 is 0 Å². The smallest absolute Gasteiger partial charge is 0.164 e. The fourth-order valence-electron chi connectivity index (χ4n) is 12.0. The highest BCUT2D eigenvalue weighted by molar-refractivity contribution is 5.87. The molecule has 4 fully saturated rings. The van der Waals surface area contributed by atoms with Crippen LogP contribution in [0.3, 0.4) is 0 Å². The van der Waals surface area contributed by atoms with Gasteiger partial charge in [-0.1, -0.05) is 140 Å². The van der Waals surface area contributed by atoms with E-state index in [0.29, 0.717) is 34.9 Å². The third kappa shape index (κ3) is 5.60. The topological polar surface area (TPSA) is 62.5 Å². The van der Waals surface area contributed by atoms with Crippen LogP contribution < -0.4 is 0 Å². The summed E-state index contributed by atoms with van der Waals surface area (Å²) >= 11 is 0. The molecule has 4 heteroatoms. The summed E-state index contributed by atoms with van der Waals surface area (Å²) in [6, 6.07) is 62.9. The summed E-state index contributed by atoms with van der Waals surface area (Å²) in [5.41, 5.74) is 16.7. The molecule has 0 saturated heterocycles. The van der Waals surface area contributed by atoms with Gasteiger partial charge in [0.1, 0.15) is 0 Å². The van der Waals surface area contributed by atoms with Crippen LogP contribution in [0.1, 0.15) is 48.8 Å². The normalized spacial score (nSPS) is 21.7. The number of aromatic nitrogens is 3. The first-order valence-electron chi connectivity index (χ1n) is 21.5. The SMILES string of the molecule is N#Cc1cccc(-c2ccc(-c3ccc4c(c3)C3(c5cc(-c6cccc(-c7nc(-c8ccccc8)nc(-c8ccccc8)n7)c6)ccc5-4)C4CC5CC(C4)CC3C5)cc2)c1. The summed E-state index contributed by atoms with van der Waals surface area (Å²) in [4.78, 5) is 15.1. The molecular formula is C56H42N4. The molecule has 0 N–H and O–H groups in total. The number of fused-ring (bicyclic) bond motifs is 3. The maximum Gasteiger partial charge on any atom is 0.164 e. The van der Waals surface area contributed by atoms with E-state index >= 15 is 0 Å². The summed E-state index contributed by atoms with van der Waals surface area (Å²) in [6.07, 6.45) is 6.75. The molecule has 0 atom stereocenters. The molecule has 4 bridgehead atoms. The van der Waals surface area contributed by atoms with E-state index in [9.17, 15) is 5.26 Å². The molecular weight excluding hydrogens is 729 g/mol. The zero-order valence-corrected chi connectivity index (χ0v) is 33.3. The molecule has 1 spiro atoms. The highest BCUT2D eigenvalue weighted by Gasteiger charge is 2.61. The van der Waals surface area contributed by atoms with E-state index in [1.54, 1.807) is 5.56 Å². The minimum absolute atomic E-state index is 0.0166. The Bertz CT molecular complexity index is 2910. The van der Waals surface area contributed by atoms with E-state index in [-0.39, 0.29) is 5.41 Å². The molecule has 0 amide bonds. The fourth-order valence-corrected chi connectivity index (χ4v) is 12.0. The van der Waals surface area contributed by atoms with Crippen molar-refractivity contribution in [2.45, 2.75) is 37.5 Å². The van der Waals surface area contributed by atoms with Crippen molar-refractivity contribution in [3.63, 3.8) is 0 Å². The van der Waals surface area contributed by atoms with Crippen molar-refractivity contribution in [2.24, 2.45) is 23.7 Å². The Balaban J connectivity index is 0.953. The van der Waals surface area contributed by atoms with E-state index in [1.807, 2.05) is 54.6 Å². The molecule has 5 aliphatic rings. The molecule has 5 aliphatic carbocycles. The largest absolute Gasteiger partial charge is 0.208 e. The van der Waals surface area contributed by atoms with Gasteiger partial charge in [-0.25, -0.2) is 15.0 Å². The maximum atomic E-state index is 9.48. The summed E-state index contributed by atoms with van der Waals surface area (Å²) in [5.74, 6) is 5.04. The van der Waals surface area contributed by atoms with Gasteiger partial charge in [0.2, 0.25) is 0 Å². The standard InChI is InChI=1S/C56H42N4/c57-34-35-9-7-14-42(26-35)38-17-19-39(20-18-38)44-21-23-49-50-24-22-45(33-52(50)56(51(49)32-44)47-27-36-25-37(29-47)30-48(56)28-36)43-15-8-16-46(31-43)55-59-53(40-10-3-1-4-11-40)58-54(60-55)41-12-5-2-6-13-41/h1-24,26,31-33,36-37,47-48H,25,27-30H2. The van der Waals surface area contributed by atoms with Crippen molar-refractivity contribution in [3.8, 4) is 84.7 Å². The van der Waals surface area contributed by atoms with Crippen LogP contribution in [0.5, 0.6) is 0 Å². The molecule has 13 rings (SSSR count). The van der Waals surface area contributed by atoms with Crippen molar-refractivity contribution in [1.82, 2.24) is 15.0 Å². The van der Waals surface area contributed by atoms with Gasteiger partial charge < -0.3 is 0 Å². The minimum atomic E-state index is 0.0166. The fraction of sp³-hybridized carbons (Fsp3) is 0.179. The number of nitriles is 1. The van der Waals surface area contributed by atoms with Crippen LogP contribution in [0.2, 0.25) is 0 Å². The highest BCUT2D eigenvalue weighted by Crippen LogP contribution is 2.69. The summed E-state index contributed by atoms with van der Waals surface area (Å²) in [6.45, 7) is 0. The van der Waals surface area contributed by atoms with Crippen LogP contribution in [0, 0.1) is 35.0 Å². The third-order valence-corrected chi connectivity index (χ3v) is 14.3. The molecule has 8 aromatic rings. The van der Waals surface area contributed by atoms with Crippen molar-refractivity contribution in [1.29, 1.82) is 5.26 Å². The molecule has 7 aromatic carbocycles. The number of hydrogen-bond donors (Lipinski definition) is 0. The lowest BCUT2D eigenvalue weighted by Gasteiger charge is -2.61. The van der Waals surface area contributed by atoms with Crippen LogP contribution in [0.25, 0.3) is 78.7 Å². The van der Waals surface area contributed by atoms with Gasteiger partial charge in [-0.05, 0) is 142 Å². The second-order valence-corrected chi connectivity index (χ2v) is 17.6. The van der Waals surface area contributed by atoms with E-state index in [1.165, 1.54) is 71.0 Å². The molecule has 1 heterocycles. The van der Waals surface area contributed by atoms with Gasteiger partial charge in [0, 0.05) is 22.1 Å². The lowest BCUT2D eigenvalue weighted by molar-refractivity contribution is -0.0399. The van der Waals surface area contributed by atoms with Crippen LogP contribution in [-0.4, -0.2) is 15.0 Å². The Morgan fingerprint density at radius 3 is 1.33 bits per heavy atom. The van der Waals surface area contributed by atoms with Crippen LogP contribution in [0.4, 0.5) is 0 Å². The first kappa shape index (κ1) is 35.0. The Hall–Kier alpha value is -6.96. The van der Waals surface area contributed by atoms with Crippen LogP contribution in [0.15, 0.2) is 170 Å². The van der Waals surface area contributed by atoms with Crippen molar-refractivity contribution < 1.29 is 0 Å². The second kappa shape index (κ2) is 13.8. The third-order valence-electron chi connectivity index (χ3n) is 14.3. The predicted octanol–water partition coefficient (Wildman–Crippen LogP) is 13.5. The molecule has 286 valence electrons. The molecule has 60 heavy (non-hydrogen) atoms. The molecule has 4 nitrogen and oxygen atoms in total. The Morgan fingerprint density at radius 2 is 0.800 bits per heavy atom. The van der Waals surface area contributed by atoms with Gasteiger partial charge in [0.05, 0.1) is 11.6 Å². The van der Waals surface area contributed by atoms with E-state index < -0.39 is 0 Å². The van der Waals surface area contributed by atoms with Gasteiger partial charge in [0.25, 0.3) is 0 Å². The number of hydrogen-bond acceptors (Lipinski definition) is 4. The second-order valence-electron chi connectivity index (χ2n) is 17.6. The minimum Gasteiger partial charge on any atom is -0.208 e. The molecule has 1 aromatic heterocycles. The Kier molecular flexibility index (Phi) is 8.07. The number of nitrogens with zero attached hydrogens (tertiary/aromatic N) is 4. The van der Waals surface area contributed by atoms with Crippen LogP contribution >= 0.6 is 0 Å². The van der Waals surface area contributed by atoms with Crippen LogP contribution in [-0.2, 0) is 5.41 Å². The molecule has 0 radical (unpaired) electrons. The van der Waals surface area contributed by atoms with Crippen molar-refractivity contribution in [2.75, 3.05) is 0 Å². The van der Waals surface area contributed by atoms with Crippen molar-refractivity contribution in [3.05, 3.63) is 187 Å². The zero-order valence-electron chi connectivity index (χ0n) is 33.3. The number of benzene rings is 7.